The van der Waals surface area contributed by atoms with Gasteiger partial charge in [0.1, 0.15) is 17.1 Å². The van der Waals surface area contributed by atoms with Crippen molar-refractivity contribution in [3.63, 3.8) is 0 Å². The van der Waals surface area contributed by atoms with Gasteiger partial charge in [0, 0.05) is 17.9 Å². The topological polar surface area (TPSA) is 72.8 Å². The lowest BCUT2D eigenvalue weighted by molar-refractivity contribution is -0.194. The molecular formula is C21H30O5. The van der Waals surface area contributed by atoms with Gasteiger partial charge in [-0.05, 0) is 57.4 Å². The van der Waals surface area contributed by atoms with Gasteiger partial charge in [-0.25, -0.2) is 0 Å². The quantitative estimate of drug-likeness (QED) is 0.611. The van der Waals surface area contributed by atoms with Gasteiger partial charge in [0.2, 0.25) is 0 Å². The van der Waals surface area contributed by atoms with E-state index in [1.54, 1.807) is 0 Å². The predicted molar refractivity (Wildman–Crippen MR) is 95.4 cm³/mol. The molecule has 2 saturated carbocycles. The zero-order valence-corrected chi connectivity index (χ0v) is 16.6. The van der Waals surface area contributed by atoms with Gasteiger partial charge in [0.15, 0.2) is 0 Å². The van der Waals surface area contributed by atoms with E-state index < -0.39 is 22.4 Å². The molecule has 0 amide bonds. The molecule has 1 saturated heterocycles. The van der Waals surface area contributed by atoms with E-state index in [4.69, 9.17) is 9.47 Å². The first-order valence-electron chi connectivity index (χ1n) is 9.74. The summed E-state index contributed by atoms with van der Waals surface area (Å²) >= 11 is 0. The van der Waals surface area contributed by atoms with Crippen LogP contribution in [0.25, 0.3) is 0 Å². The molecule has 0 radical (unpaired) electrons. The first-order valence-corrected chi connectivity index (χ1v) is 9.74. The van der Waals surface area contributed by atoms with Crippen LogP contribution < -0.4 is 0 Å². The molecule has 4 rings (SSSR count). The molecule has 0 aromatic rings. The van der Waals surface area contributed by atoms with Gasteiger partial charge in [-0.2, -0.15) is 0 Å². The van der Waals surface area contributed by atoms with Crippen molar-refractivity contribution in [2.45, 2.75) is 72.5 Å². The molecule has 5 heteroatoms. The fourth-order valence-corrected chi connectivity index (χ4v) is 8.05. The third-order valence-corrected chi connectivity index (χ3v) is 8.63. The maximum atomic E-state index is 13.5. The zero-order chi connectivity index (χ0) is 19.3. The molecule has 3 fully saturated rings. The fourth-order valence-electron chi connectivity index (χ4n) is 8.05. The minimum Gasteiger partial charge on any atom is -0.481 e. The number of esters is 1. The van der Waals surface area contributed by atoms with E-state index >= 15 is 0 Å². The van der Waals surface area contributed by atoms with Crippen molar-refractivity contribution in [1.82, 2.24) is 0 Å². The minimum absolute atomic E-state index is 0.00724. The van der Waals surface area contributed by atoms with E-state index in [-0.39, 0.29) is 35.7 Å². The van der Waals surface area contributed by atoms with Crippen molar-refractivity contribution in [2.75, 3.05) is 6.61 Å². The Morgan fingerprint density at radius 3 is 2.54 bits per heavy atom. The Morgan fingerprint density at radius 1 is 1.31 bits per heavy atom. The summed E-state index contributed by atoms with van der Waals surface area (Å²) in [4.78, 5) is 25.6. The van der Waals surface area contributed by atoms with Gasteiger partial charge < -0.3 is 14.6 Å². The molecule has 1 heterocycles. The molecule has 26 heavy (non-hydrogen) atoms. The summed E-state index contributed by atoms with van der Waals surface area (Å²) in [6.45, 7) is 12.9. The second-order valence-corrected chi connectivity index (χ2v) is 9.61. The molecule has 6 atom stereocenters. The predicted octanol–water partition coefficient (Wildman–Crippen LogP) is 3.57. The van der Waals surface area contributed by atoms with Crippen molar-refractivity contribution in [3.05, 3.63) is 11.1 Å². The van der Waals surface area contributed by atoms with E-state index in [0.29, 0.717) is 13.0 Å². The van der Waals surface area contributed by atoms with Crippen LogP contribution in [-0.2, 0) is 19.1 Å². The van der Waals surface area contributed by atoms with E-state index in [1.807, 2.05) is 20.8 Å². The lowest BCUT2D eigenvalue weighted by Crippen LogP contribution is -2.66. The molecule has 144 valence electrons. The Hall–Kier alpha value is -1.36. The molecule has 1 spiro atoms. The standard InChI is InChI=1S/C21H30O5/c1-7-25-19(6)12(3)11(2)9-20(10-15(22)23)14-8-13-16(18(14,4)5)21(19,20)17(24)26-13/h13-14,16H,7-10H2,1-6H3,(H,22,23). The van der Waals surface area contributed by atoms with Gasteiger partial charge in [-0.3, -0.25) is 9.59 Å². The number of carboxylic acid groups (broad SMARTS) is 1. The molecular weight excluding hydrogens is 332 g/mol. The molecule has 3 aliphatic carbocycles. The number of carbonyl (C=O) groups is 2. The summed E-state index contributed by atoms with van der Waals surface area (Å²) in [7, 11) is 0. The SMILES string of the molecule is CCOC1(C)C(C)=C(C)CC2(CC(=O)O)C3CC4OC(=O)C12C4C3(C)C. The van der Waals surface area contributed by atoms with Gasteiger partial charge >= 0.3 is 11.9 Å². The van der Waals surface area contributed by atoms with Crippen molar-refractivity contribution < 1.29 is 24.2 Å². The van der Waals surface area contributed by atoms with Crippen molar-refractivity contribution in [1.29, 1.82) is 0 Å². The molecule has 4 aliphatic rings. The van der Waals surface area contributed by atoms with Gasteiger partial charge in [0.25, 0.3) is 0 Å². The van der Waals surface area contributed by atoms with Crippen molar-refractivity contribution in [3.8, 4) is 0 Å². The molecule has 0 aromatic carbocycles. The molecule has 0 aromatic heterocycles. The van der Waals surface area contributed by atoms with E-state index in [2.05, 4.69) is 20.8 Å². The van der Waals surface area contributed by atoms with Crippen LogP contribution in [0.3, 0.4) is 0 Å². The highest BCUT2D eigenvalue weighted by molar-refractivity contribution is 5.87. The summed E-state index contributed by atoms with van der Waals surface area (Å²) < 4.78 is 12.3. The largest absolute Gasteiger partial charge is 0.481 e. The average Bonchev–Trinajstić information content (AvgIpc) is 2.98. The van der Waals surface area contributed by atoms with Crippen molar-refractivity contribution >= 4 is 11.9 Å². The Morgan fingerprint density at radius 2 is 1.96 bits per heavy atom. The molecule has 5 nitrogen and oxygen atoms in total. The zero-order valence-electron chi connectivity index (χ0n) is 16.6. The molecule has 2 bridgehead atoms. The molecule has 1 N–H and O–H groups in total. The number of ether oxygens (including phenoxy) is 2. The van der Waals surface area contributed by atoms with Crippen LogP contribution in [0.5, 0.6) is 0 Å². The van der Waals surface area contributed by atoms with E-state index in [0.717, 1.165) is 17.6 Å². The number of allylic oxidation sites excluding steroid dienone is 1. The van der Waals surface area contributed by atoms with Crippen LogP contribution in [0.1, 0.15) is 60.8 Å². The van der Waals surface area contributed by atoms with Crippen LogP contribution in [0, 0.1) is 28.1 Å². The smallest absolute Gasteiger partial charge is 0.316 e. The van der Waals surface area contributed by atoms with Crippen LogP contribution in [0.4, 0.5) is 0 Å². The number of aliphatic carboxylic acids is 1. The second kappa shape index (κ2) is 4.92. The first-order chi connectivity index (χ1) is 12.0. The minimum atomic E-state index is -0.922. The Labute approximate surface area is 155 Å². The first kappa shape index (κ1) is 18.0. The highest BCUT2D eigenvalue weighted by Gasteiger charge is 2.89. The summed E-state index contributed by atoms with van der Waals surface area (Å²) in [5.74, 6) is -0.943. The molecule has 6 unspecified atom stereocenters. The number of rotatable bonds is 4. The lowest BCUT2D eigenvalue weighted by Gasteiger charge is -2.59. The average molecular weight is 362 g/mol. The maximum absolute atomic E-state index is 13.5. The number of fused-ring (bicyclic) bond motifs is 2. The van der Waals surface area contributed by atoms with E-state index in [1.165, 1.54) is 0 Å². The second-order valence-electron chi connectivity index (χ2n) is 9.61. The number of hydrogen-bond donors (Lipinski definition) is 1. The number of carbonyl (C=O) groups excluding carboxylic acids is 1. The van der Waals surface area contributed by atoms with E-state index in [9.17, 15) is 14.7 Å². The van der Waals surface area contributed by atoms with Crippen LogP contribution in [0.2, 0.25) is 0 Å². The summed E-state index contributed by atoms with van der Waals surface area (Å²) in [5, 5.41) is 9.86. The van der Waals surface area contributed by atoms with Crippen molar-refractivity contribution in [2.24, 2.45) is 28.1 Å². The summed E-state index contributed by atoms with van der Waals surface area (Å²) in [5.41, 5.74) is -0.328. The summed E-state index contributed by atoms with van der Waals surface area (Å²) in [6.07, 6.45) is 1.29. The van der Waals surface area contributed by atoms with Crippen LogP contribution in [0.15, 0.2) is 11.1 Å². The van der Waals surface area contributed by atoms with Gasteiger partial charge in [-0.15, -0.1) is 0 Å². The number of carboxylic acids is 1. The van der Waals surface area contributed by atoms with Crippen LogP contribution in [-0.4, -0.2) is 35.4 Å². The maximum Gasteiger partial charge on any atom is 0.316 e. The highest BCUT2D eigenvalue weighted by Crippen LogP contribution is 2.84. The Bertz CT molecular complexity index is 737. The molecule has 1 aliphatic heterocycles. The van der Waals surface area contributed by atoms with Gasteiger partial charge in [-0.1, -0.05) is 19.4 Å². The monoisotopic (exact) mass is 362 g/mol. The summed E-state index contributed by atoms with van der Waals surface area (Å²) in [6, 6.07) is 0. The highest BCUT2D eigenvalue weighted by atomic mass is 16.6. The Balaban J connectivity index is 2.09. The Kier molecular flexibility index (Phi) is 3.41. The van der Waals surface area contributed by atoms with Crippen LogP contribution >= 0.6 is 0 Å². The number of hydrogen-bond acceptors (Lipinski definition) is 4. The third-order valence-electron chi connectivity index (χ3n) is 8.63. The van der Waals surface area contributed by atoms with Gasteiger partial charge in [0.05, 0.1) is 6.42 Å². The normalized spacial score (nSPS) is 47.9. The lowest BCUT2D eigenvalue weighted by atomic mass is 9.43. The fraction of sp³-hybridized carbons (Fsp3) is 0.810. The third kappa shape index (κ3) is 1.55.